The topological polar surface area (TPSA) is 98.3 Å². The molecule has 1 aromatic carbocycles. The van der Waals surface area contributed by atoms with Gasteiger partial charge in [0, 0.05) is 23.4 Å². The lowest BCUT2D eigenvalue weighted by Gasteiger charge is -2.06. The van der Waals surface area contributed by atoms with E-state index in [1.54, 1.807) is 6.92 Å². The van der Waals surface area contributed by atoms with Gasteiger partial charge in [-0.3, -0.25) is 14.9 Å². The molecule has 1 heterocycles. The average molecular weight is 339 g/mol. The summed E-state index contributed by atoms with van der Waals surface area (Å²) in [5, 5.41) is 16.8. The highest BCUT2D eigenvalue weighted by Gasteiger charge is 2.14. The zero-order valence-electron chi connectivity index (χ0n) is 12.5. The zero-order valence-corrected chi connectivity index (χ0v) is 13.3. The molecule has 0 saturated heterocycles. The van der Waals surface area contributed by atoms with Crippen LogP contribution in [0.4, 0.5) is 15.8 Å². The molecule has 1 amide bonds. The number of halogens is 1. The van der Waals surface area contributed by atoms with Crippen LogP contribution < -0.4 is 5.32 Å². The predicted octanol–water partition coefficient (Wildman–Crippen LogP) is 3.21. The molecule has 0 aliphatic carbocycles. The minimum Gasteiger partial charge on any atom is -0.361 e. The number of nitrogens with zero attached hydrogens (tertiary/aromatic N) is 2. The third-order valence-corrected chi connectivity index (χ3v) is 4.05. The van der Waals surface area contributed by atoms with Crippen LogP contribution in [0.3, 0.4) is 0 Å². The molecular formula is C14H14FN3O4S. The number of rotatable bonds is 6. The van der Waals surface area contributed by atoms with E-state index >= 15 is 0 Å². The van der Waals surface area contributed by atoms with E-state index in [0.29, 0.717) is 11.5 Å². The molecule has 0 bridgehead atoms. The van der Waals surface area contributed by atoms with Gasteiger partial charge in [0.05, 0.1) is 22.1 Å². The first-order valence-corrected chi connectivity index (χ1v) is 7.77. The number of amides is 1. The lowest BCUT2D eigenvalue weighted by Crippen LogP contribution is -2.15. The maximum atomic E-state index is 13.6. The number of hydrogen-bond donors (Lipinski definition) is 1. The quantitative estimate of drug-likeness (QED) is 0.641. The van der Waals surface area contributed by atoms with Crippen LogP contribution in [-0.2, 0) is 10.5 Å². The number of thioether (sulfide) groups is 1. The fraction of sp³-hybridized carbons (Fsp3) is 0.286. The van der Waals surface area contributed by atoms with Crippen LogP contribution in [0.1, 0.15) is 17.0 Å². The van der Waals surface area contributed by atoms with E-state index in [4.69, 9.17) is 4.52 Å². The number of aryl methyl sites for hydroxylation is 2. The number of nitro groups is 1. The van der Waals surface area contributed by atoms with Crippen molar-refractivity contribution in [3.63, 3.8) is 0 Å². The van der Waals surface area contributed by atoms with E-state index in [1.165, 1.54) is 11.8 Å². The number of anilines is 1. The Labute approximate surface area is 135 Å². The molecule has 1 aromatic heterocycles. The summed E-state index contributed by atoms with van der Waals surface area (Å²) in [6, 6.07) is 2.98. The Morgan fingerprint density at radius 3 is 2.83 bits per heavy atom. The van der Waals surface area contributed by atoms with Crippen LogP contribution >= 0.6 is 11.8 Å². The van der Waals surface area contributed by atoms with E-state index in [1.807, 2.05) is 6.92 Å². The van der Waals surface area contributed by atoms with Gasteiger partial charge in [0.25, 0.3) is 5.69 Å². The second-order valence-electron chi connectivity index (χ2n) is 4.76. The first kappa shape index (κ1) is 16.9. The van der Waals surface area contributed by atoms with Crippen molar-refractivity contribution in [2.45, 2.75) is 19.6 Å². The third-order valence-electron chi connectivity index (χ3n) is 3.10. The predicted molar refractivity (Wildman–Crippen MR) is 83.8 cm³/mol. The molecule has 0 unspecified atom stereocenters. The van der Waals surface area contributed by atoms with Crippen LogP contribution in [0.5, 0.6) is 0 Å². The summed E-state index contributed by atoms with van der Waals surface area (Å²) in [6.45, 7) is 3.60. The maximum Gasteiger partial charge on any atom is 0.271 e. The summed E-state index contributed by atoms with van der Waals surface area (Å²) in [7, 11) is 0. The first-order chi connectivity index (χ1) is 10.9. The van der Waals surface area contributed by atoms with Gasteiger partial charge in [0.1, 0.15) is 11.6 Å². The van der Waals surface area contributed by atoms with Gasteiger partial charge in [-0.25, -0.2) is 4.39 Å². The van der Waals surface area contributed by atoms with Gasteiger partial charge in [-0.2, -0.15) is 0 Å². The smallest absolute Gasteiger partial charge is 0.271 e. The highest BCUT2D eigenvalue weighted by molar-refractivity contribution is 7.99. The number of non-ortho nitro benzene ring substituents is 1. The van der Waals surface area contributed by atoms with Crippen LogP contribution in [0.2, 0.25) is 0 Å². The van der Waals surface area contributed by atoms with Crippen molar-refractivity contribution in [2.75, 3.05) is 11.1 Å². The highest BCUT2D eigenvalue weighted by Crippen LogP contribution is 2.22. The molecule has 0 atom stereocenters. The van der Waals surface area contributed by atoms with Crippen LogP contribution in [-0.4, -0.2) is 21.7 Å². The van der Waals surface area contributed by atoms with E-state index < -0.39 is 16.6 Å². The van der Waals surface area contributed by atoms with Crippen molar-refractivity contribution in [1.82, 2.24) is 5.16 Å². The second-order valence-corrected chi connectivity index (χ2v) is 5.75. The van der Waals surface area contributed by atoms with Crippen molar-refractivity contribution in [2.24, 2.45) is 0 Å². The first-order valence-electron chi connectivity index (χ1n) is 6.61. The summed E-state index contributed by atoms with van der Waals surface area (Å²) >= 11 is 1.31. The molecule has 9 heteroatoms. The molecule has 0 fully saturated rings. The highest BCUT2D eigenvalue weighted by atomic mass is 32.2. The molecule has 2 aromatic rings. The van der Waals surface area contributed by atoms with Gasteiger partial charge >= 0.3 is 0 Å². The van der Waals surface area contributed by atoms with Crippen LogP contribution in [0, 0.1) is 29.8 Å². The molecule has 1 N–H and O–H groups in total. The number of nitro benzene ring substituents is 1. The van der Waals surface area contributed by atoms with Crippen molar-refractivity contribution >= 4 is 29.0 Å². The number of carbonyl (C=O) groups excluding carboxylic acids is 1. The Morgan fingerprint density at radius 2 is 2.22 bits per heavy atom. The maximum absolute atomic E-state index is 13.6. The van der Waals surface area contributed by atoms with Crippen molar-refractivity contribution < 1.29 is 18.6 Å². The van der Waals surface area contributed by atoms with E-state index in [0.717, 1.165) is 29.5 Å². The molecule has 7 nitrogen and oxygen atoms in total. The van der Waals surface area contributed by atoms with Crippen LogP contribution in [0.15, 0.2) is 22.7 Å². The van der Waals surface area contributed by atoms with Gasteiger partial charge in [0.2, 0.25) is 5.91 Å². The molecule has 0 aliphatic heterocycles. The summed E-state index contributed by atoms with van der Waals surface area (Å²) in [4.78, 5) is 21.9. The largest absolute Gasteiger partial charge is 0.361 e. The Bertz CT molecular complexity index is 728. The number of benzene rings is 1. The number of carbonyl (C=O) groups is 1. The molecule has 122 valence electrons. The third kappa shape index (κ3) is 4.28. The Morgan fingerprint density at radius 1 is 1.48 bits per heavy atom. The lowest BCUT2D eigenvalue weighted by molar-refractivity contribution is -0.384. The molecular weight excluding hydrogens is 325 g/mol. The lowest BCUT2D eigenvalue weighted by atomic mass is 10.2. The molecule has 0 spiro atoms. The van der Waals surface area contributed by atoms with Gasteiger partial charge in [0.15, 0.2) is 0 Å². The van der Waals surface area contributed by atoms with E-state index in [9.17, 15) is 19.3 Å². The van der Waals surface area contributed by atoms with E-state index in [2.05, 4.69) is 10.5 Å². The van der Waals surface area contributed by atoms with Gasteiger partial charge in [-0.05, 0) is 19.9 Å². The minimum atomic E-state index is -0.723. The number of nitrogens with one attached hydrogen (secondary N) is 1. The molecule has 23 heavy (non-hydrogen) atoms. The number of aromatic nitrogens is 1. The molecule has 0 radical (unpaired) electrons. The van der Waals surface area contributed by atoms with Gasteiger partial charge in [-0.15, -0.1) is 11.8 Å². The van der Waals surface area contributed by atoms with Crippen molar-refractivity contribution in [1.29, 1.82) is 0 Å². The van der Waals surface area contributed by atoms with Crippen molar-refractivity contribution in [3.05, 3.63) is 51.1 Å². The van der Waals surface area contributed by atoms with Gasteiger partial charge < -0.3 is 9.84 Å². The Kier molecular flexibility index (Phi) is 5.32. The SMILES string of the molecule is Cc1noc(C)c1CSCC(=O)Nc1cc([N+](=O)[O-])ccc1F. The second kappa shape index (κ2) is 7.23. The Hall–Kier alpha value is -2.42. The summed E-state index contributed by atoms with van der Waals surface area (Å²) in [5.41, 5.74) is 1.19. The fourth-order valence-electron chi connectivity index (χ4n) is 1.86. The summed E-state index contributed by atoms with van der Waals surface area (Å²) in [6.07, 6.45) is 0. The standard InChI is InChI=1S/C14H14FN3O4S/c1-8-11(9(2)22-17-8)6-23-7-14(19)16-13-5-10(18(20)21)3-4-12(13)15/h3-5H,6-7H2,1-2H3,(H,16,19). The van der Waals surface area contributed by atoms with Gasteiger partial charge in [-0.1, -0.05) is 5.16 Å². The monoisotopic (exact) mass is 339 g/mol. The Balaban J connectivity index is 1.92. The molecule has 0 aliphatic rings. The summed E-state index contributed by atoms with van der Waals surface area (Å²) in [5.74, 6) is 0.138. The molecule has 2 rings (SSSR count). The van der Waals surface area contributed by atoms with Crippen LogP contribution in [0.25, 0.3) is 0 Å². The average Bonchev–Trinajstić information content (AvgIpc) is 2.81. The fourth-order valence-corrected chi connectivity index (χ4v) is 2.84. The molecule has 0 saturated carbocycles. The van der Waals surface area contributed by atoms with Crippen molar-refractivity contribution in [3.8, 4) is 0 Å². The number of hydrogen-bond acceptors (Lipinski definition) is 6. The minimum absolute atomic E-state index is 0.0756. The summed E-state index contributed by atoms with van der Waals surface area (Å²) < 4.78 is 18.6. The zero-order chi connectivity index (χ0) is 17.0. The van der Waals surface area contributed by atoms with E-state index in [-0.39, 0.29) is 17.1 Å². The normalized spacial score (nSPS) is 10.6.